The summed E-state index contributed by atoms with van der Waals surface area (Å²) < 4.78 is 0. The summed E-state index contributed by atoms with van der Waals surface area (Å²) in [6.45, 7) is 11.3. The third kappa shape index (κ3) is 7.76. The third-order valence-electron chi connectivity index (χ3n) is 2.96. The van der Waals surface area contributed by atoms with Crippen LogP contribution in [-0.4, -0.2) is 6.54 Å². The summed E-state index contributed by atoms with van der Waals surface area (Å²) >= 11 is 0. The molecule has 0 saturated heterocycles. The van der Waals surface area contributed by atoms with Gasteiger partial charge in [0.2, 0.25) is 0 Å². The molecular weight excluding hydrogens is 206 g/mol. The number of benzene rings is 1. The Labute approximate surface area is 107 Å². The maximum atomic E-state index is 5.70. The van der Waals surface area contributed by atoms with Gasteiger partial charge >= 0.3 is 0 Å². The molecule has 1 heteroatoms. The quantitative estimate of drug-likeness (QED) is 0.579. The molecule has 1 aromatic carbocycles. The summed E-state index contributed by atoms with van der Waals surface area (Å²) in [5.41, 5.74) is 7.46. The molecule has 1 aromatic rings. The number of hydrogen-bond acceptors (Lipinski definition) is 1. The highest BCUT2D eigenvalue weighted by atomic mass is 14.6. The first-order chi connectivity index (χ1) is 8.14. The first-order valence-corrected chi connectivity index (χ1v) is 6.38. The molecule has 0 spiro atoms. The average molecular weight is 233 g/mol. The largest absolute Gasteiger partial charge is 0.330 e. The van der Waals surface area contributed by atoms with E-state index in [1.807, 2.05) is 0 Å². The van der Waals surface area contributed by atoms with E-state index in [1.54, 1.807) is 0 Å². The second kappa shape index (κ2) is 9.00. The zero-order chi connectivity index (χ0) is 13.1. The maximum Gasteiger partial charge on any atom is -0.00258 e. The van der Waals surface area contributed by atoms with Gasteiger partial charge in [0.05, 0.1) is 0 Å². The van der Waals surface area contributed by atoms with E-state index in [-0.39, 0.29) is 0 Å². The minimum atomic E-state index is 0.316. The minimum Gasteiger partial charge on any atom is -0.330 e. The summed E-state index contributed by atoms with van der Waals surface area (Å²) in [4.78, 5) is 0. The van der Waals surface area contributed by atoms with Gasteiger partial charge in [0.15, 0.2) is 0 Å². The molecule has 0 amide bonds. The molecule has 0 saturated carbocycles. The molecule has 2 N–H and O–H groups in total. The van der Waals surface area contributed by atoms with Gasteiger partial charge in [-0.05, 0) is 36.8 Å². The van der Waals surface area contributed by atoms with Gasteiger partial charge in [0.25, 0.3) is 0 Å². The van der Waals surface area contributed by atoms with Crippen LogP contribution in [-0.2, 0) is 6.42 Å². The molecule has 0 fully saturated rings. The van der Waals surface area contributed by atoms with E-state index in [9.17, 15) is 0 Å². The molecule has 1 nitrogen and oxygen atoms in total. The van der Waals surface area contributed by atoms with Crippen LogP contribution in [0.25, 0.3) is 0 Å². The zero-order valence-corrected chi connectivity index (χ0v) is 11.4. The topological polar surface area (TPSA) is 26.0 Å². The van der Waals surface area contributed by atoms with Gasteiger partial charge in [-0.25, -0.2) is 0 Å². The molecule has 0 aliphatic carbocycles. The number of unbranched alkanes of at least 4 members (excludes halogenated alkanes) is 1. The Hall–Kier alpha value is -1.08. The summed E-state index contributed by atoms with van der Waals surface area (Å²) in [5, 5.41) is 0. The van der Waals surface area contributed by atoms with Gasteiger partial charge in [0, 0.05) is 0 Å². The molecule has 0 radical (unpaired) electrons. The summed E-state index contributed by atoms with van der Waals surface area (Å²) in [7, 11) is 0. The van der Waals surface area contributed by atoms with Crippen LogP contribution in [0.15, 0.2) is 43.5 Å². The van der Waals surface area contributed by atoms with Crippen molar-refractivity contribution in [3.8, 4) is 0 Å². The first-order valence-electron chi connectivity index (χ1n) is 6.38. The molecular formula is C16H27N. The Morgan fingerprint density at radius 1 is 1.06 bits per heavy atom. The Kier molecular flexibility index (Phi) is 8.43. The van der Waals surface area contributed by atoms with Crippen LogP contribution in [0.5, 0.6) is 0 Å². The van der Waals surface area contributed by atoms with E-state index in [2.05, 4.69) is 57.3 Å². The van der Waals surface area contributed by atoms with E-state index >= 15 is 0 Å². The molecule has 0 aliphatic rings. The SMILES string of the molecule is C=C.CC(C)(CN)CCCCc1ccccc1. The van der Waals surface area contributed by atoms with Gasteiger partial charge < -0.3 is 5.73 Å². The number of rotatable bonds is 6. The Balaban J connectivity index is 0.00000121. The monoisotopic (exact) mass is 233 g/mol. The first kappa shape index (κ1) is 15.9. The van der Waals surface area contributed by atoms with Crippen LogP contribution in [0.3, 0.4) is 0 Å². The molecule has 0 atom stereocenters. The smallest absolute Gasteiger partial charge is 0.00258 e. The standard InChI is InChI=1S/C14H23N.C2H4/c1-14(2,12-15)11-7-6-10-13-8-4-3-5-9-13;1-2/h3-5,8-9H,6-7,10-12,15H2,1-2H3;1-2H2. The fraction of sp³-hybridized carbons (Fsp3) is 0.500. The highest BCUT2D eigenvalue weighted by Gasteiger charge is 2.14. The van der Waals surface area contributed by atoms with Crippen molar-refractivity contribution >= 4 is 0 Å². The van der Waals surface area contributed by atoms with Crippen molar-refractivity contribution in [2.24, 2.45) is 11.1 Å². The van der Waals surface area contributed by atoms with Crippen molar-refractivity contribution in [3.05, 3.63) is 49.1 Å². The van der Waals surface area contributed by atoms with Gasteiger partial charge in [-0.15, -0.1) is 13.2 Å². The van der Waals surface area contributed by atoms with Crippen molar-refractivity contribution < 1.29 is 0 Å². The fourth-order valence-electron chi connectivity index (χ4n) is 1.68. The lowest BCUT2D eigenvalue weighted by atomic mass is 9.87. The third-order valence-corrected chi connectivity index (χ3v) is 2.96. The van der Waals surface area contributed by atoms with E-state index in [0.717, 1.165) is 6.54 Å². The summed E-state index contributed by atoms with van der Waals surface area (Å²) in [6, 6.07) is 10.7. The van der Waals surface area contributed by atoms with Crippen molar-refractivity contribution in [2.45, 2.75) is 39.5 Å². The molecule has 0 aromatic heterocycles. The number of aryl methyl sites for hydroxylation is 1. The Morgan fingerprint density at radius 2 is 1.65 bits per heavy atom. The zero-order valence-electron chi connectivity index (χ0n) is 11.4. The predicted molar refractivity (Wildman–Crippen MR) is 78.1 cm³/mol. The van der Waals surface area contributed by atoms with Crippen LogP contribution < -0.4 is 5.73 Å². The lowest BCUT2D eigenvalue weighted by Crippen LogP contribution is -2.23. The fourth-order valence-corrected chi connectivity index (χ4v) is 1.68. The molecule has 96 valence electrons. The molecule has 0 aliphatic heterocycles. The van der Waals surface area contributed by atoms with Crippen LogP contribution in [0.1, 0.15) is 38.7 Å². The Bertz CT molecular complexity index is 277. The van der Waals surface area contributed by atoms with Gasteiger partial charge in [-0.3, -0.25) is 0 Å². The lowest BCUT2D eigenvalue weighted by molar-refractivity contribution is 0.333. The number of hydrogen-bond donors (Lipinski definition) is 1. The van der Waals surface area contributed by atoms with Crippen LogP contribution in [0.2, 0.25) is 0 Å². The predicted octanol–water partition coefficient (Wildman–Crippen LogP) is 4.19. The van der Waals surface area contributed by atoms with Crippen molar-refractivity contribution in [1.29, 1.82) is 0 Å². The second-order valence-electron chi connectivity index (χ2n) is 5.06. The molecule has 17 heavy (non-hydrogen) atoms. The summed E-state index contributed by atoms with van der Waals surface area (Å²) in [5.74, 6) is 0. The molecule has 0 bridgehead atoms. The van der Waals surface area contributed by atoms with E-state index < -0.39 is 0 Å². The molecule has 1 rings (SSSR count). The normalized spacial score (nSPS) is 10.5. The van der Waals surface area contributed by atoms with E-state index in [4.69, 9.17) is 5.73 Å². The van der Waals surface area contributed by atoms with Gasteiger partial charge in [-0.2, -0.15) is 0 Å². The van der Waals surface area contributed by atoms with Crippen molar-refractivity contribution in [3.63, 3.8) is 0 Å². The average Bonchev–Trinajstić information content (AvgIpc) is 2.38. The molecule has 0 unspecified atom stereocenters. The highest BCUT2D eigenvalue weighted by molar-refractivity contribution is 5.14. The van der Waals surface area contributed by atoms with Crippen LogP contribution in [0, 0.1) is 5.41 Å². The van der Waals surface area contributed by atoms with Gasteiger partial charge in [0.1, 0.15) is 0 Å². The van der Waals surface area contributed by atoms with E-state index in [0.29, 0.717) is 5.41 Å². The van der Waals surface area contributed by atoms with Gasteiger partial charge in [-0.1, -0.05) is 50.6 Å². The second-order valence-corrected chi connectivity index (χ2v) is 5.06. The lowest BCUT2D eigenvalue weighted by Gasteiger charge is -2.21. The minimum absolute atomic E-state index is 0.316. The van der Waals surface area contributed by atoms with Crippen molar-refractivity contribution in [1.82, 2.24) is 0 Å². The maximum absolute atomic E-state index is 5.70. The van der Waals surface area contributed by atoms with Crippen molar-refractivity contribution in [2.75, 3.05) is 6.54 Å². The molecule has 0 heterocycles. The van der Waals surface area contributed by atoms with Crippen LogP contribution >= 0.6 is 0 Å². The number of nitrogens with two attached hydrogens (primary N) is 1. The van der Waals surface area contributed by atoms with Crippen LogP contribution in [0.4, 0.5) is 0 Å². The van der Waals surface area contributed by atoms with E-state index in [1.165, 1.54) is 31.2 Å². The highest BCUT2D eigenvalue weighted by Crippen LogP contribution is 2.21. The summed E-state index contributed by atoms with van der Waals surface area (Å²) in [6.07, 6.45) is 4.98. The Morgan fingerprint density at radius 3 is 2.18 bits per heavy atom.